The number of hydrogen-bond acceptors (Lipinski definition) is 7. The fraction of sp³-hybridized carbons (Fsp3) is 0.333. The van der Waals surface area contributed by atoms with Crippen molar-refractivity contribution >= 4 is 40.4 Å². The summed E-state index contributed by atoms with van der Waals surface area (Å²) >= 11 is 13.9. The van der Waals surface area contributed by atoms with Crippen molar-refractivity contribution in [3.8, 4) is 18.2 Å². The molecular formula is C21H14Cl2N4O2S. The summed E-state index contributed by atoms with van der Waals surface area (Å²) in [6.07, 6.45) is -1.13. The van der Waals surface area contributed by atoms with Crippen LogP contribution in [0.15, 0.2) is 30.3 Å². The second-order valence-electron chi connectivity index (χ2n) is 7.34. The Morgan fingerprint density at radius 2 is 1.80 bits per heavy atom. The minimum atomic E-state index is -1.99. The van der Waals surface area contributed by atoms with E-state index in [9.17, 15) is 15.8 Å². The molecule has 4 unspecified atom stereocenters. The summed E-state index contributed by atoms with van der Waals surface area (Å²) in [5, 5.41) is 39.8. The van der Waals surface area contributed by atoms with Gasteiger partial charge in [0.2, 0.25) is 17.1 Å². The van der Waals surface area contributed by atoms with E-state index in [1.807, 2.05) is 25.1 Å². The predicted molar refractivity (Wildman–Crippen MR) is 111 cm³/mol. The number of nitriles is 3. The van der Waals surface area contributed by atoms with Crippen molar-refractivity contribution in [2.45, 2.75) is 25.7 Å². The second-order valence-corrected chi connectivity index (χ2v) is 9.51. The first-order valence-corrected chi connectivity index (χ1v) is 10.5. The zero-order chi connectivity index (χ0) is 21.9. The van der Waals surface area contributed by atoms with Gasteiger partial charge in [-0.2, -0.15) is 15.8 Å². The van der Waals surface area contributed by atoms with Gasteiger partial charge in [0.1, 0.15) is 6.10 Å². The van der Waals surface area contributed by atoms with Gasteiger partial charge in [0.15, 0.2) is 5.41 Å². The molecule has 2 saturated heterocycles. The Labute approximate surface area is 187 Å². The van der Waals surface area contributed by atoms with E-state index < -0.39 is 34.5 Å². The maximum absolute atomic E-state index is 10.3. The lowest BCUT2D eigenvalue weighted by atomic mass is 9.54. The molecule has 6 nitrogen and oxygen atoms in total. The molecule has 1 aromatic heterocycles. The number of ether oxygens (including phenoxy) is 2. The van der Waals surface area contributed by atoms with E-state index >= 15 is 0 Å². The highest BCUT2D eigenvalue weighted by Crippen LogP contribution is 2.69. The van der Waals surface area contributed by atoms with Crippen LogP contribution in [0.1, 0.15) is 28.3 Å². The zero-order valence-electron chi connectivity index (χ0n) is 15.9. The average Bonchev–Trinajstić information content (AvgIpc) is 3.20. The molecule has 2 fully saturated rings. The lowest BCUT2D eigenvalue weighted by Gasteiger charge is -2.48. The van der Waals surface area contributed by atoms with Crippen LogP contribution < -0.4 is 0 Å². The summed E-state index contributed by atoms with van der Waals surface area (Å²) in [6.45, 7) is 3.52. The van der Waals surface area contributed by atoms with Crippen molar-refractivity contribution in [3.63, 3.8) is 0 Å². The van der Waals surface area contributed by atoms with Crippen LogP contribution in [0.3, 0.4) is 0 Å². The third-order valence-electron chi connectivity index (χ3n) is 5.99. The van der Waals surface area contributed by atoms with Crippen molar-refractivity contribution in [2.24, 2.45) is 16.7 Å². The van der Waals surface area contributed by atoms with Gasteiger partial charge in [0.25, 0.3) is 0 Å². The molecule has 1 aromatic carbocycles. The number of nitrogens with zero attached hydrogens (tertiary/aromatic N) is 3. The molecule has 2 aromatic rings. The molecule has 150 valence electrons. The lowest BCUT2D eigenvalue weighted by Crippen LogP contribution is -2.57. The van der Waals surface area contributed by atoms with Gasteiger partial charge in [-0.1, -0.05) is 30.1 Å². The number of rotatable bonds is 2. The summed E-state index contributed by atoms with van der Waals surface area (Å²) in [5.74, 6) is -2.99. The Morgan fingerprint density at radius 3 is 2.33 bits per heavy atom. The van der Waals surface area contributed by atoms with Crippen LogP contribution in [-0.4, -0.2) is 5.90 Å². The largest absolute Gasteiger partial charge is 0.443 e. The van der Waals surface area contributed by atoms with Crippen LogP contribution >= 0.6 is 34.5 Å². The molecule has 0 spiro atoms. The average molecular weight is 457 g/mol. The van der Waals surface area contributed by atoms with Crippen molar-refractivity contribution in [3.05, 3.63) is 55.7 Å². The van der Waals surface area contributed by atoms with Crippen molar-refractivity contribution in [1.29, 1.82) is 21.2 Å². The number of fused-ring (bicyclic) bond motifs is 2. The summed E-state index contributed by atoms with van der Waals surface area (Å²) in [7, 11) is 0. The number of hydrogen-bond donors (Lipinski definition) is 1. The fourth-order valence-electron chi connectivity index (χ4n) is 4.46. The van der Waals surface area contributed by atoms with E-state index in [4.69, 9.17) is 38.1 Å². The first-order chi connectivity index (χ1) is 14.2. The number of thiophene rings is 1. The van der Waals surface area contributed by atoms with Crippen LogP contribution in [0, 0.1) is 63.1 Å². The topological polar surface area (TPSA) is 114 Å². The lowest BCUT2D eigenvalue weighted by molar-refractivity contribution is -0.287. The van der Waals surface area contributed by atoms with E-state index in [1.165, 1.54) is 17.4 Å². The first kappa shape index (κ1) is 20.7. The van der Waals surface area contributed by atoms with Crippen LogP contribution in [0.4, 0.5) is 0 Å². The third kappa shape index (κ3) is 2.28. The Balaban J connectivity index is 2.06. The van der Waals surface area contributed by atoms with E-state index in [-0.39, 0.29) is 5.02 Å². The van der Waals surface area contributed by atoms with Gasteiger partial charge < -0.3 is 9.47 Å². The standard InChI is InChI=1S/C21H14Cl2N4O2S/c1-11-3-6-16(30-11)17-19(8-24,9-25)20(10-26)12(2)21(28-17,29-18(20)27)14-5-4-13(22)7-15(14)23/h3-7,12,17,27H,1-2H3. The zero-order valence-corrected chi connectivity index (χ0v) is 18.2. The predicted octanol–water partition coefficient (Wildman–Crippen LogP) is 5.47. The third-order valence-corrected chi connectivity index (χ3v) is 7.59. The summed E-state index contributed by atoms with van der Waals surface area (Å²) < 4.78 is 12.3. The highest BCUT2D eigenvalue weighted by Gasteiger charge is 2.80. The Kier molecular flexibility index (Phi) is 4.62. The monoisotopic (exact) mass is 456 g/mol. The van der Waals surface area contributed by atoms with Gasteiger partial charge in [-0.15, -0.1) is 11.3 Å². The Morgan fingerprint density at radius 1 is 1.10 bits per heavy atom. The molecule has 0 amide bonds. The van der Waals surface area contributed by atoms with Crippen molar-refractivity contribution in [1.82, 2.24) is 0 Å². The van der Waals surface area contributed by atoms with Gasteiger partial charge in [0.05, 0.1) is 29.1 Å². The van der Waals surface area contributed by atoms with Gasteiger partial charge in [-0.25, -0.2) is 0 Å². The minimum Gasteiger partial charge on any atom is -0.443 e. The highest BCUT2D eigenvalue weighted by atomic mass is 35.5. The maximum atomic E-state index is 10.3. The number of nitrogens with one attached hydrogen (secondary N) is 1. The van der Waals surface area contributed by atoms with Gasteiger partial charge in [-0.3, -0.25) is 5.41 Å². The molecule has 3 heterocycles. The van der Waals surface area contributed by atoms with Crippen LogP contribution in [0.5, 0.6) is 0 Å². The molecule has 2 bridgehead atoms. The number of benzene rings is 1. The molecule has 2 aliphatic heterocycles. The molecule has 9 heteroatoms. The molecule has 0 radical (unpaired) electrons. The molecular weight excluding hydrogens is 443 g/mol. The Hall–Kier alpha value is -2.60. The van der Waals surface area contributed by atoms with E-state index in [2.05, 4.69) is 6.07 Å². The van der Waals surface area contributed by atoms with Gasteiger partial charge in [0, 0.05) is 20.3 Å². The maximum Gasteiger partial charge on any atom is 0.245 e. The van der Waals surface area contributed by atoms with Crippen LogP contribution in [0.25, 0.3) is 0 Å². The smallest absolute Gasteiger partial charge is 0.245 e. The molecule has 1 N–H and O–H groups in total. The minimum absolute atomic E-state index is 0.235. The van der Waals surface area contributed by atoms with E-state index in [0.717, 1.165) is 4.88 Å². The van der Waals surface area contributed by atoms with Gasteiger partial charge >= 0.3 is 0 Å². The molecule has 0 aliphatic carbocycles. The fourth-order valence-corrected chi connectivity index (χ4v) is 5.98. The normalized spacial score (nSPS) is 31.3. The Bertz CT molecular complexity index is 1190. The first-order valence-electron chi connectivity index (χ1n) is 8.94. The summed E-state index contributed by atoms with van der Waals surface area (Å²) in [6, 6.07) is 14.5. The van der Waals surface area contributed by atoms with Crippen molar-refractivity contribution in [2.75, 3.05) is 0 Å². The molecule has 2 aliphatic rings. The highest BCUT2D eigenvalue weighted by molar-refractivity contribution is 7.12. The SMILES string of the molecule is Cc1ccc(C2OC3(c4ccc(Cl)cc4Cl)OC(=N)C(C#N)(C3C)C2(C#N)C#N)s1. The molecule has 30 heavy (non-hydrogen) atoms. The van der Waals surface area contributed by atoms with Gasteiger partial charge in [-0.05, 0) is 37.3 Å². The summed E-state index contributed by atoms with van der Waals surface area (Å²) in [4.78, 5) is 1.54. The molecule has 0 saturated carbocycles. The number of aryl methyl sites for hydroxylation is 1. The second kappa shape index (κ2) is 6.71. The summed E-state index contributed by atoms with van der Waals surface area (Å²) in [5.41, 5.74) is -3.47. The van der Waals surface area contributed by atoms with E-state index in [0.29, 0.717) is 15.5 Å². The molecule has 4 atom stereocenters. The van der Waals surface area contributed by atoms with Crippen LogP contribution in [0.2, 0.25) is 10.0 Å². The molecule has 4 rings (SSSR count). The van der Waals surface area contributed by atoms with Crippen molar-refractivity contribution < 1.29 is 9.47 Å². The number of halogens is 2. The quantitative estimate of drug-likeness (QED) is 0.642. The van der Waals surface area contributed by atoms with Crippen LogP contribution in [-0.2, 0) is 15.3 Å². The van der Waals surface area contributed by atoms with E-state index in [1.54, 1.807) is 25.1 Å².